The summed E-state index contributed by atoms with van der Waals surface area (Å²) in [6.07, 6.45) is 17.1. The van der Waals surface area contributed by atoms with Crippen molar-refractivity contribution in [2.24, 2.45) is 4.99 Å². The topological polar surface area (TPSA) is 12.4 Å². The van der Waals surface area contributed by atoms with E-state index in [0.717, 1.165) is 0 Å². The van der Waals surface area contributed by atoms with Crippen LogP contribution in [-0.2, 0) is 0 Å². The summed E-state index contributed by atoms with van der Waals surface area (Å²) in [6, 6.07) is 0.601. The Hall–Kier alpha value is -0.330. The third-order valence-corrected chi connectivity index (χ3v) is 2.70. The molecule has 0 aliphatic heterocycles. The van der Waals surface area contributed by atoms with Gasteiger partial charge in [-0.2, -0.15) is 0 Å². The molecule has 2 fully saturated rings. The highest BCUT2D eigenvalue weighted by Gasteiger charge is 2.16. The molecule has 1 nitrogen and oxygen atoms in total. The van der Waals surface area contributed by atoms with Gasteiger partial charge in [0.05, 0.1) is 0 Å². The zero-order valence-corrected chi connectivity index (χ0v) is 7.95. The molecule has 2 rings (SSSR count). The highest BCUT2D eigenvalue weighted by molar-refractivity contribution is 5.82. The van der Waals surface area contributed by atoms with E-state index in [1.807, 2.05) is 6.21 Å². The Morgan fingerprint density at radius 3 is 2.46 bits per heavy atom. The number of hydrogen-bond donors (Lipinski definition) is 0. The van der Waals surface area contributed by atoms with Crippen LogP contribution in [0.1, 0.15) is 32.1 Å². The molecule has 0 aromatic heterocycles. The minimum absolute atomic E-state index is 0.601. The molecular weight excluding hydrogens is 158 g/mol. The fourth-order valence-corrected chi connectivity index (χ4v) is 1.90. The van der Waals surface area contributed by atoms with Crippen LogP contribution in [0.25, 0.3) is 0 Å². The van der Waals surface area contributed by atoms with Crippen molar-refractivity contribution in [3.8, 4) is 0 Å². The van der Waals surface area contributed by atoms with E-state index in [9.17, 15) is 0 Å². The normalized spacial score (nSPS) is 27.4. The van der Waals surface area contributed by atoms with Gasteiger partial charge in [0.1, 0.15) is 0 Å². The first-order chi connectivity index (χ1) is 6.45. The molecule has 0 aromatic rings. The summed E-state index contributed by atoms with van der Waals surface area (Å²) >= 11 is 0. The molecule has 2 aliphatic carbocycles. The molecule has 0 N–H and O–H groups in total. The Labute approximate surface area is 81.6 Å². The molecule has 2 aliphatic rings. The predicted molar refractivity (Wildman–Crippen MR) is 55.8 cm³/mol. The Bertz CT molecular complexity index is 162. The van der Waals surface area contributed by atoms with Gasteiger partial charge in [-0.25, -0.2) is 0 Å². The average Bonchev–Trinajstić information content (AvgIpc) is 2.69. The second kappa shape index (κ2) is 4.78. The van der Waals surface area contributed by atoms with Gasteiger partial charge in [0.15, 0.2) is 0 Å². The van der Waals surface area contributed by atoms with Gasteiger partial charge in [0.2, 0.25) is 0 Å². The van der Waals surface area contributed by atoms with E-state index < -0.39 is 0 Å². The van der Waals surface area contributed by atoms with E-state index in [2.05, 4.69) is 30.7 Å². The van der Waals surface area contributed by atoms with Crippen molar-refractivity contribution in [1.29, 1.82) is 0 Å². The minimum atomic E-state index is 0.601. The second-order valence-electron chi connectivity index (χ2n) is 3.79. The summed E-state index contributed by atoms with van der Waals surface area (Å²) in [4.78, 5) is 4.60. The van der Waals surface area contributed by atoms with Crippen molar-refractivity contribution in [2.45, 2.75) is 38.1 Å². The van der Waals surface area contributed by atoms with E-state index in [-0.39, 0.29) is 0 Å². The molecule has 69 valence electrons. The van der Waals surface area contributed by atoms with Crippen molar-refractivity contribution in [1.82, 2.24) is 0 Å². The quantitative estimate of drug-likeness (QED) is 0.571. The molecule has 2 saturated carbocycles. The third kappa shape index (κ3) is 2.82. The van der Waals surface area contributed by atoms with E-state index in [1.54, 1.807) is 0 Å². The van der Waals surface area contributed by atoms with Crippen LogP contribution in [-0.4, -0.2) is 12.3 Å². The molecule has 0 bridgehead atoms. The van der Waals surface area contributed by atoms with E-state index in [4.69, 9.17) is 0 Å². The van der Waals surface area contributed by atoms with Gasteiger partial charge in [-0.15, -0.1) is 0 Å². The van der Waals surface area contributed by atoms with Crippen LogP contribution in [0.3, 0.4) is 0 Å². The second-order valence-corrected chi connectivity index (χ2v) is 3.79. The molecule has 1 heteroatoms. The molecule has 13 heavy (non-hydrogen) atoms. The van der Waals surface area contributed by atoms with Crippen LogP contribution >= 0.6 is 0 Å². The summed E-state index contributed by atoms with van der Waals surface area (Å²) in [7, 11) is 0. The van der Waals surface area contributed by atoms with Crippen LogP contribution in [0, 0.1) is 31.6 Å². The highest BCUT2D eigenvalue weighted by Crippen LogP contribution is 2.23. The zero-order valence-electron chi connectivity index (χ0n) is 7.95. The van der Waals surface area contributed by atoms with Gasteiger partial charge in [-0.05, 0) is 38.5 Å². The summed E-state index contributed by atoms with van der Waals surface area (Å²) in [5.41, 5.74) is 0. The van der Waals surface area contributed by atoms with E-state index in [0.29, 0.717) is 6.04 Å². The van der Waals surface area contributed by atoms with Crippen LogP contribution in [0.15, 0.2) is 4.99 Å². The number of nitrogens with zero attached hydrogens (tertiary/aromatic N) is 1. The first-order valence-corrected chi connectivity index (χ1v) is 5.20. The van der Waals surface area contributed by atoms with Crippen LogP contribution < -0.4 is 0 Å². The lowest BCUT2D eigenvalue weighted by Crippen LogP contribution is -2.10. The average molecular weight is 174 g/mol. The van der Waals surface area contributed by atoms with Crippen molar-refractivity contribution in [3.63, 3.8) is 0 Å². The van der Waals surface area contributed by atoms with Crippen molar-refractivity contribution >= 4 is 6.21 Å². The van der Waals surface area contributed by atoms with E-state index >= 15 is 0 Å². The van der Waals surface area contributed by atoms with Gasteiger partial charge in [-0.1, -0.05) is 19.3 Å². The van der Waals surface area contributed by atoms with Gasteiger partial charge in [0, 0.05) is 18.2 Å². The molecular formula is C12H16N. The van der Waals surface area contributed by atoms with Crippen LogP contribution in [0.2, 0.25) is 0 Å². The maximum absolute atomic E-state index is 4.60. The maximum atomic E-state index is 4.60. The maximum Gasteiger partial charge on any atom is 0.0496 e. The Balaban J connectivity index is 1.74. The standard InChI is InChI=1S/C12H16N/c1-2-8-12(9-3-1)13-10-11-6-4-5-7-11/h4-7,10,12H,1-3,8-9H2. The van der Waals surface area contributed by atoms with Crippen molar-refractivity contribution in [3.05, 3.63) is 31.6 Å². The summed E-state index contributed by atoms with van der Waals surface area (Å²) in [5, 5.41) is 0. The first-order valence-electron chi connectivity index (χ1n) is 5.20. The third-order valence-electron chi connectivity index (χ3n) is 2.70. The highest BCUT2D eigenvalue weighted by atomic mass is 14.8. The Morgan fingerprint density at radius 1 is 1.08 bits per heavy atom. The lowest BCUT2D eigenvalue weighted by Gasteiger charge is -2.17. The first kappa shape index (κ1) is 9.23. The molecule has 0 unspecified atom stereocenters. The van der Waals surface area contributed by atoms with Crippen LogP contribution in [0.4, 0.5) is 0 Å². The lowest BCUT2D eigenvalue weighted by molar-refractivity contribution is 0.444. The fraction of sp³-hybridized carbons (Fsp3) is 0.500. The van der Waals surface area contributed by atoms with Crippen molar-refractivity contribution < 1.29 is 0 Å². The monoisotopic (exact) mass is 174 g/mol. The molecule has 0 saturated heterocycles. The molecule has 0 amide bonds. The number of hydrogen-bond acceptors (Lipinski definition) is 1. The zero-order chi connectivity index (χ0) is 8.93. The Kier molecular flexibility index (Phi) is 3.40. The van der Waals surface area contributed by atoms with Gasteiger partial charge >= 0.3 is 0 Å². The fourth-order valence-electron chi connectivity index (χ4n) is 1.90. The summed E-state index contributed by atoms with van der Waals surface area (Å²) < 4.78 is 0. The Morgan fingerprint density at radius 2 is 1.77 bits per heavy atom. The largest absolute Gasteiger partial charge is 0.294 e. The lowest BCUT2D eigenvalue weighted by atomic mass is 9.96. The molecule has 0 heterocycles. The predicted octanol–water partition coefficient (Wildman–Crippen LogP) is 2.80. The van der Waals surface area contributed by atoms with Gasteiger partial charge in [0.25, 0.3) is 0 Å². The van der Waals surface area contributed by atoms with Crippen molar-refractivity contribution in [2.75, 3.05) is 0 Å². The molecule has 0 spiro atoms. The number of rotatable bonds is 2. The molecule has 5 radical (unpaired) electrons. The van der Waals surface area contributed by atoms with Gasteiger partial charge < -0.3 is 0 Å². The smallest absolute Gasteiger partial charge is 0.0496 e. The van der Waals surface area contributed by atoms with Crippen LogP contribution in [0.5, 0.6) is 0 Å². The summed E-state index contributed by atoms with van der Waals surface area (Å²) in [6.45, 7) is 0. The van der Waals surface area contributed by atoms with Gasteiger partial charge in [-0.3, -0.25) is 4.99 Å². The minimum Gasteiger partial charge on any atom is -0.294 e. The number of aliphatic imine (C=N–C) groups is 1. The van der Waals surface area contributed by atoms with E-state index in [1.165, 1.54) is 38.0 Å². The summed E-state index contributed by atoms with van der Waals surface area (Å²) in [5.74, 6) is 1.24. The molecule has 0 aromatic carbocycles. The molecule has 0 atom stereocenters. The SMILES string of the molecule is [CH]1[CH][CH][C](C=NC2CCCCC2)[CH]1.